The Bertz CT molecular complexity index is 644. The van der Waals surface area contributed by atoms with Crippen molar-refractivity contribution in [1.82, 2.24) is 5.32 Å². The number of hydrogen-bond donors (Lipinski definition) is 1. The van der Waals surface area contributed by atoms with Crippen LogP contribution in [0.4, 0.5) is 36.8 Å². The van der Waals surface area contributed by atoms with Gasteiger partial charge in [0.15, 0.2) is 0 Å². The van der Waals surface area contributed by atoms with Crippen molar-refractivity contribution >= 4 is 23.5 Å². The summed E-state index contributed by atoms with van der Waals surface area (Å²) in [6.07, 6.45) is -3.84. The Balaban J connectivity index is 2.24. The number of urea groups is 1. The van der Waals surface area contributed by atoms with Crippen molar-refractivity contribution in [3.63, 3.8) is 0 Å². The highest BCUT2D eigenvalue weighted by atomic mass is 32.2. The lowest BCUT2D eigenvalue weighted by Gasteiger charge is -2.28. The predicted octanol–water partition coefficient (Wildman–Crippen LogP) is 4.64. The van der Waals surface area contributed by atoms with Crippen LogP contribution in [0.3, 0.4) is 0 Å². The third kappa shape index (κ3) is 5.70. The average Bonchev–Trinajstić information content (AvgIpc) is 2.52. The van der Waals surface area contributed by atoms with Crippen molar-refractivity contribution in [2.45, 2.75) is 35.5 Å². The van der Waals surface area contributed by atoms with Crippen LogP contribution >= 0.6 is 11.8 Å². The summed E-state index contributed by atoms with van der Waals surface area (Å²) >= 11 is -0.645. The van der Waals surface area contributed by atoms with E-state index in [1.165, 1.54) is 0 Å². The van der Waals surface area contributed by atoms with Gasteiger partial charge in [0.05, 0.1) is 11.3 Å². The van der Waals surface area contributed by atoms with E-state index < -0.39 is 45.6 Å². The molecule has 0 radical (unpaired) electrons. The summed E-state index contributed by atoms with van der Waals surface area (Å²) in [6.45, 7) is 0.873. The van der Waals surface area contributed by atoms with Crippen LogP contribution in [0, 0.1) is 0 Å². The lowest BCUT2D eigenvalue weighted by molar-refractivity contribution is -0.137. The van der Waals surface area contributed by atoms with Gasteiger partial charge in [0, 0.05) is 31.2 Å². The predicted molar refractivity (Wildman–Crippen MR) is 84.1 cm³/mol. The van der Waals surface area contributed by atoms with Gasteiger partial charge in [-0.3, -0.25) is 4.90 Å². The van der Waals surface area contributed by atoms with Gasteiger partial charge < -0.3 is 10.1 Å². The quantitative estimate of drug-likeness (QED) is 0.592. The smallest absolute Gasteiger partial charge is 0.381 e. The third-order valence-corrected chi connectivity index (χ3v) is 4.44. The van der Waals surface area contributed by atoms with Gasteiger partial charge in [0.25, 0.3) is 0 Å². The lowest BCUT2D eigenvalue weighted by atomic mass is 10.1. The molecular weight excluding hydrogens is 386 g/mol. The third-order valence-electron chi connectivity index (χ3n) is 3.72. The van der Waals surface area contributed by atoms with E-state index in [9.17, 15) is 31.1 Å². The van der Waals surface area contributed by atoms with E-state index in [-0.39, 0.29) is 6.04 Å². The minimum Gasteiger partial charge on any atom is -0.381 e. The molecule has 0 atom stereocenters. The number of nitrogens with zero attached hydrogens (tertiary/aromatic N) is 1. The molecule has 0 bridgehead atoms. The molecule has 2 amide bonds. The van der Waals surface area contributed by atoms with Gasteiger partial charge in [-0.25, -0.2) is 4.79 Å². The number of alkyl halides is 6. The average molecular weight is 402 g/mol. The Hall–Kier alpha value is -1.62. The Morgan fingerprint density at radius 2 is 1.81 bits per heavy atom. The summed E-state index contributed by atoms with van der Waals surface area (Å²) in [5.41, 5.74) is -6.54. The van der Waals surface area contributed by atoms with Crippen LogP contribution in [0.15, 0.2) is 23.1 Å². The normalized spacial score (nSPS) is 16.4. The first-order valence-electron chi connectivity index (χ1n) is 7.56. The number of hydrogen-bond acceptors (Lipinski definition) is 3. The van der Waals surface area contributed by atoms with Crippen LogP contribution in [0.5, 0.6) is 0 Å². The summed E-state index contributed by atoms with van der Waals surface area (Å²) < 4.78 is 82.2. The molecule has 2 rings (SSSR count). The highest BCUT2D eigenvalue weighted by Gasteiger charge is 2.37. The van der Waals surface area contributed by atoms with E-state index in [1.807, 2.05) is 0 Å². The zero-order chi connectivity index (χ0) is 19.5. The first-order valence-corrected chi connectivity index (χ1v) is 8.38. The molecular formula is C15H16F6N2O2S. The molecule has 1 saturated heterocycles. The first-order chi connectivity index (χ1) is 12.0. The van der Waals surface area contributed by atoms with Crippen molar-refractivity contribution in [3.05, 3.63) is 23.8 Å². The molecule has 0 aromatic heterocycles. The largest absolute Gasteiger partial charge is 0.446 e. The van der Waals surface area contributed by atoms with E-state index in [0.29, 0.717) is 32.1 Å². The number of anilines is 1. The van der Waals surface area contributed by atoms with Crippen molar-refractivity contribution < 1.29 is 35.9 Å². The molecule has 11 heteroatoms. The highest BCUT2D eigenvalue weighted by molar-refractivity contribution is 8.00. The molecule has 0 spiro atoms. The molecule has 1 aliphatic rings. The summed E-state index contributed by atoms with van der Waals surface area (Å²) in [6, 6.07) is 1.17. The van der Waals surface area contributed by atoms with Gasteiger partial charge in [0.2, 0.25) is 0 Å². The Labute approximate surface area is 149 Å². The molecule has 1 fully saturated rings. The number of carbonyl (C=O) groups excluding carboxylic acids is 1. The summed E-state index contributed by atoms with van der Waals surface area (Å²) in [4.78, 5) is 12.4. The number of thioether (sulfide) groups is 1. The highest BCUT2D eigenvalue weighted by Crippen LogP contribution is 2.42. The lowest BCUT2D eigenvalue weighted by Crippen LogP contribution is -2.45. The first kappa shape index (κ1) is 20.7. The minimum atomic E-state index is -4.91. The number of benzene rings is 1. The second-order valence-electron chi connectivity index (χ2n) is 5.62. The summed E-state index contributed by atoms with van der Waals surface area (Å²) in [5, 5.41) is 2.60. The van der Waals surface area contributed by atoms with Crippen molar-refractivity contribution in [2.75, 3.05) is 25.2 Å². The minimum absolute atomic E-state index is 0.229. The molecule has 26 heavy (non-hydrogen) atoms. The fourth-order valence-electron chi connectivity index (χ4n) is 2.45. The molecule has 1 aromatic carbocycles. The van der Waals surface area contributed by atoms with E-state index >= 15 is 0 Å². The monoisotopic (exact) mass is 402 g/mol. The summed E-state index contributed by atoms with van der Waals surface area (Å²) in [7, 11) is 1.13. The van der Waals surface area contributed by atoms with E-state index in [0.717, 1.165) is 24.1 Å². The van der Waals surface area contributed by atoms with Crippen molar-refractivity contribution in [1.29, 1.82) is 0 Å². The number of halogens is 6. The van der Waals surface area contributed by atoms with Crippen LogP contribution < -0.4 is 10.2 Å². The topological polar surface area (TPSA) is 41.6 Å². The van der Waals surface area contributed by atoms with Crippen LogP contribution in [0.2, 0.25) is 0 Å². The number of rotatable bonds is 3. The second-order valence-corrected chi connectivity index (χ2v) is 6.76. The Morgan fingerprint density at radius 1 is 1.19 bits per heavy atom. The number of amides is 2. The molecule has 1 N–H and O–H groups in total. The Morgan fingerprint density at radius 3 is 2.35 bits per heavy atom. The second kappa shape index (κ2) is 7.95. The molecule has 0 aliphatic carbocycles. The SMILES string of the molecule is CN(C(=O)NC1CCOCC1)c1ccc(SC(F)(F)F)cc1C(F)(F)F. The van der Waals surface area contributed by atoms with E-state index in [1.54, 1.807) is 0 Å². The maximum Gasteiger partial charge on any atom is 0.446 e. The maximum absolute atomic E-state index is 13.3. The van der Waals surface area contributed by atoms with Gasteiger partial charge in [-0.15, -0.1) is 0 Å². The standard InChI is InChI=1S/C15H16F6N2O2S/c1-23(13(24)22-9-4-6-25-7-5-9)12-3-2-10(26-15(19,20)21)8-11(12)14(16,17)18/h2-3,8-9H,4-7H2,1H3,(H,22,24). The molecule has 1 aliphatic heterocycles. The van der Waals surface area contributed by atoms with Crippen molar-refractivity contribution in [2.24, 2.45) is 0 Å². The van der Waals surface area contributed by atoms with Gasteiger partial charge in [-0.2, -0.15) is 26.3 Å². The Kier molecular flexibility index (Phi) is 6.33. The van der Waals surface area contributed by atoms with Crippen LogP contribution in [0.1, 0.15) is 18.4 Å². The van der Waals surface area contributed by atoms with Gasteiger partial charge in [-0.1, -0.05) is 0 Å². The fourth-order valence-corrected chi connectivity index (χ4v) is 3.03. The van der Waals surface area contributed by atoms with Gasteiger partial charge in [-0.05, 0) is 42.8 Å². The van der Waals surface area contributed by atoms with Crippen molar-refractivity contribution in [3.8, 4) is 0 Å². The maximum atomic E-state index is 13.3. The van der Waals surface area contributed by atoms with Gasteiger partial charge in [0.1, 0.15) is 0 Å². The molecule has 0 saturated carbocycles. The molecule has 146 valence electrons. The number of carbonyl (C=O) groups is 1. The fraction of sp³-hybridized carbons (Fsp3) is 0.533. The summed E-state index contributed by atoms with van der Waals surface area (Å²) in [5.74, 6) is 0. The van der Waals surface area contributed by atoms with E-state index in [2.05, 4.69) is 5.32 Å². The van der Waals surface area contributed by atoms with E-state index in [4.69, 9.17) is 4.74 Å². The van der Waals surface area contributed by atoms with Gasteiger partial charge >= 0.3 is 17.7 Å². The molecule has 4 nitrogen and oxygen atoms in total. The van der Waals surface area contributed by atoms with Crippen LogP contribution in [0.25, 0.3) is 0 Å². The zero-order valence-corrected chi connectivity index (χ0v) is 14.4. The zero-order valence-electron chi connectivity index (χ0n) is 13.6. The van der Waals surface area contributed by atoms with Crippen LogP contribution in [-0.4, -0.2) is 37.8 Å². The molecule has 1 heterocycles. The number of ether oxygens (including phenoxy) is 1. The van der Waals surface area contributed by atoms with Crippen LogP contribution in [-0.2, 0) is 10.9 Å². The number of nitrogens with one attached hydrogen (secondary N) is 1. The molecule has 1 aromatic rings. The molecule has 0 unspecified atom stereocenters.